The number of rotatable bonds is 8. The third-order valence-corrected chi connectivity index (χ3v) is 6.24. The van der Waals surface area contributed by atoms with Crippen LogP contribution in [0.15, 0.2) is 78.2 Å². The summed E-state index contributed by atoms with van der Waals surface area (Å²) in [5, 5.41) is 22.0. The molecule has 0 aliphatic rings. The first-order chi connectivity index (χ1) is 15.5. The van der Waals surface area contributed by atoms with E-state index in [4.69, 9.17) is 23.2 Å². The number of halogens is 3. The summed E-state index contributed by atoms with van der Waals surface area (Å²) in [5.41, 5.74) is 3.28. The Kier molecular flexibility index (Phi) is 8.52. The van der Waals surface area contributed by atoms with Crippen LogP contribution in [0.25, 0.3) is 11.3 Å². The summed E-state index contributed by atoms with van der Waals surface area (Å²) in [6.07, 6.45) is 0. The number of hydrogen-bond acceptors (Lipinski definition) is 5. The maximum Gasteiger partial charge on any atom is 0.339 e. The predicted molar refractivity (Wildman–Crippen MR) is 131 cm³/mol. The number of nitro benzene ring substituents is 1. The van der Waals surface area contributed by atoms with Crippen molar-refractivity contribution < 1.29 is 21.9 Å². The van der Waals surface area contributed by atoms with Gasteiger partial charge in [0.15, 0.2) is 0 Å². The van der Waals surface area contributed by atoms with Crippen molar-refractivity contribution in [1.82, 2.24) is 0 Å². The fourth-order valence-corrected chi connectivity index (χ4v) is 4.78. The van der Waals surface area contributed by atoms with E-state index in [1.54, 1.807) is 41.7 Å². The number of thiazole rings is 1. The van der Waals surface area contributed by atoms with Crippen molar-refractivity contribution in [2.24, 2.45) is 0 Å². The number of nitrogens with one attached hydrogen (secondary N) is 2. The van der Waals surface area contributed by atoms with E-state index in [1.807, 2.05) is 41.8 Å². The zero-order valence-corrected chi connectivity index (χ0v) is 20.3. The molecule has 10 heteroatoms. The molecule has 1 aromatic heterocycles. The highest BCUT2D eigenvalue weighted by Gasteiger charge is 2.22. The lowest BCUT2D eigenvalue weighted by molar-refractivity contribution is -0.665. The Morgan fingerprint density at radius 1 is 1.00 bits per heavy atom. The predicted octanol–water partition coefficient (Wildman–Crippen LogP) is 3.78. The molecule has 0 aliphatic heterocycles. The number of aromatic nitrogens is 1. The van der Waals surface area contributed by atoms with Crippen LogP contribution < -0.4 is 27.6 Å². The van der Waals surface area contributed by atoms with Crippen LogP contribution in [0.5, 0.6) is 0 Å². The zero-order chi connectivity index (χ0) is 22.5. The van der Waals surface area contributed by atoms with Crippen LogP contribution in [-0.4, -0.2) is 11.5 Å². The van der Waals surface area contributed by atoms with Gasteiger partial charge in [0, 0.05) is 22.0 Å². The molecule has 1 heterocycles. The minimum absolute atomic E-state index is 0. The van der Waals surface area contributed by atoms with E-state index in [-0.39, 0.29) is 23.0 Å². The molecule has 0 spiro atoms. The van der Waals surface area contributed by atoms with E-state index >= 15 is 0 Å². The SMILES string of the molecule is O=[N+]([O-])c1ccccc1NCC[n+]1c(-c2ccc(Cl)cc2Cl)csc1Nc1ccccc1.[Cl-]. The second kappa shape index (κ2) is 11.3. The number of para-hydroxylation sites is 3. The van der Waals surface area contributed by atoms with Crippen LogP contribution in [0.1, 0.15) is 0 Å². The summed E-state index contributed by atoms with van der Waals surface area (Å²) in [5.74, 6) is 0. The maximum atomic E-state index is 11.3. The number of hydrogen-bond donors (Lipinski definition) is 2. The molecule has 0 amide bonds. The van der Waals surface area contributed by atoms with Gasteiger partial charge in [0.05, 0.1) is 16.5 Å². The summed E-state index contributed by atoms with van der Waals surface area (Å²) in [6.45, 7) is 1.03. The highest BCUT2D eigenvalue weighted by atomic mass is 35.5. The molecule has 3 aromatic carbocycles. The third kappa shape index (κ3) is 5.94. The van der Waals surface area contributed by atoms with Crippen LogP contribution in [0.4, 0.5) is 22.2 Å². The highest BCUT2D eigenvalue weighted by molar-refractivity contribution is 7.13. The Morgan fingerprint density at radius 2 is 1.73 bits per heavy atom. The number of nitro groups is 1. The zero-order valence-electron chi connectivity index (χ0n) is 17.2. The lowest BCUT2D eigenvalue weighted by Gasteiger charge is -2.10. The van der Waals surface area contributed by atoms with Crippen LogP contribution in [0.2, 0.25) is 10.0 Å². The molecule has 0 aliphatic carbocycles. The van der Waals surface area contributed by atoms with Crippen molar-refractivity contribution in [2.75, 3.05) is 17.2 Å². The van der Waals surface area contributed by atoms with Crippen LogP contribution in [0, 0.1) is 10.1 Å². The molecule has 0 saturated carbocycles. The normalized spacial score (nSPS) is 10.4. The molecule has 0 radical (unpaired) electrons. The van der Waals surface area contributed by atoms with E-state index in [0.29, 0.717) is 28.8 Å². The van der Waals surface area contributed by atoms with Crippen LogP contribution in [-0.2, 0) is 6.54 Å². The standard InChI is InChI=1S/C23H18Cl2N4O2S.ClH/c24-16-10-11-18(19(25)14-16)22-15-32-23(27-17-6-2-1-3-7-17)28(22)13-12-26-20-8-4-5-9-21(20)29(30)31;/h1-11,14-15,26H,12-13H2;1H. The lowest BCUT2D eigenvalue weighted by Crippen LogP contribution is -3.00. The summed E-state index contributed by atoms with van der Waals surface area (Å²) < 4.78 is 2.11. The van der Waals surface area contributed by atoms with Gasteiger partial charge in [0.25, 0.3) is 5.69 Å². The molecule has 33 heavy (non-hydrogen) atoms. The van der Waals surface area contributed by atoms with Crippen LogP contribution in [0.3, 0.4) is 0 Å². The molecule has 0 atom stereocenters. The Balaban J connectivity index is 0.00000306. The molecule has 4 aromatic rings. The first-order valence-corrected chi connectivity index (χ1v) is 11.4. The van der Waals surface area contributed by atoms with E-state index in [9.17, 15) is 10.1 Å². The quantitative estimate of drug-likeness (QED) is 0.210. The number of anilines is 3. The highest BCUT2D eigenvalue weighted by Crippen LogP contribution is 2.32. The van der Waals surface area contributed by atoms with Crippen molar-refractivity contribution >= 4 is 56.7 Å². The fourth-order valence-electron chi connectivity index (χ4n) is 3.30. The summed E-state index contributed by atoms with van der Waals surface area (Å²) >= 11 is 14.1. The van der Waals surface area contributed by atoms with E-state index < -0.39 is 0 Å². The van der Waals surface area contributed by atoms with Crippen molar-refractivity contribution in [3.8, 4) is 11.3 Å². The Labute approximate surface area is 211 Å². The summed E-state index contributed by atoms with van der Waals surface area (Å²) in [6, 6.07) is 21.9. The van der Waals surface area contributed by atoms with Gasteiger partial charge in [-0.2, -0.15) is 0 Å². The third-order valence-electron chi connectivity index (χ3n) is 4.80. The molecular weight excluding hydrogens is 503 g/mol. The van der Waals surface area contributed by atoms with Crippen molar-refractivity contribution in [2.45, 2.75) is 6.54 Å². The molecule has 4 rings (SSSR count). The van der Waals surface area contributed by atoms with Gasteiger partial charge >= 0.3 is 5.13 Å². The molecule has 0 saturated heterocycles. The average molecular weight is 522 g/mol. The smallest absolute Gasteiger partial charge is 0.339 e. The van der Waals surface area contributed by atoms with Gasteiger partial charge < -0.3 is 17.7 Å². The molecule has 0 fully saturated rings. The number of benzene rings is 3. The largest absolute Gasteiger partial charge is 1.00 e. The van der Waals surface area contributed by atoms with Crippen molar-refractivity contribution in [3.05, 3.63) is 98.3 Å². The maximum absolute atomic E-state index is 11.3. The summed E-state index contributed by atoms with van der Waals surface area (Å²) in [7, 11) is 0. The molecule has 2 N–H and O–H groups in total. The molecule has 6 nitrogen and oxygen atoms in total. The monoisotopic (exact) mass is 520 g/mol. The first-order valence-electron chi connectivity index (χ1n) is 9.79. The van der Waals surface area contributed by atoms with E-state index in [0.717, 1.165) is 22.1 Å². The van der Waals surface area contributed by atoms with Gasteiger partial charge in [-0.1, -0.05) is 64.9 Å². The van der Waals surface area contributed by atoms with E-state index in [2.05, 4.69) is 15.2 Å². The van der Waals surface area contributed by atoms with Gasteiger partial charge in [0.1, 0.15) is 23.6 Å². The van der Waals surface area contributed by atoms with Gasteiger partial charge in [0.2, 0.25) is 0 Å². The first kappa shape index (κ1) is 24.8. The van der Waals surface area contributed by atoms with Gasteiger partial charge in [-0.15, -0.1) is 0 Å². The minimum Gasteiger partial charge on any atom is -1.00 e. The van der Waals surface area contributed by atoms with Gasteiger partial charge in [-0.05, 0) is 36.4 Å². The topological polar surface area (TPSA) is 71.1 Å². The Morgan fingerprint density at radius 3 is 2.45 bits per heavy atom. The van der Waals surface area contributed by atoms with Crippen molar-refractivity contribution in [1.29, 1.82) is 0 Å². The molecule has 170 valence electrons. The molecule has 0 bridgehead atoms. The second-order valence-electron chi connectivity index (χ2n) is 6.89. The molecular formula is C23H19Cl3N4O2S. The minimum atomic E-state index is -0.388. The summed E-state index contributed by atoms with van der Waals surface area (Å²) in [4.78, 5) is 10.9. The fraction of sp³-hybridized carbons (Fsp3) is 0.0870. The Bertz CT molecular complexity index is 1250. The lowest BCUT2D eigenvalue weighted by atomic mass is 10.1. The van der Waals surface area contributed by atoms with Gasteiger partial charge in [-0.25, -0.2) is 9.88 Å². The second-order valence-corrected chi connectivity index (χ2v) is 8.60. The number of nitrogens with zero attached hydrogens (tertiary/aromatic N) is 2. The Hall–Kier alpha value is -2.84. The van der Waals surface area contributed by atoms with E-state index in [1.165, 1.54) is 6.07 Å². The molecule has 0 unspecified atom stereocenters. The van der Waals surface area contributed by atoms with Gasteiger partial charge in [-0.3, -0.25) is 10.1 Å². The van der Waals surface area contributed by atoms with Crippen molar-refractivity contribution in [3.63, 3.8) is 0 Å². The average Bonchev–Trinajstić information content (AvgIpc) is 3.17. The van der Waals surface area contributed by atoms with Crippen LogP contribution >= 0.6 is 34.5 Å².